The highest BCUT2D eigenvalue weighted by Gasteiger charge is 2.40. The third-order valence-electron chi connectivity index (χ3n) is 2.43. The molecule has 1 fully saturated rings. The van der Waals surface area contributed by atoms with Crippen molar-refractivity contribution in [2.45, 2.75) is 19.4 Å². The highest BCUT2D eigenvalue weighted by Crippen LogP contribution is 2.33. The fraction of sp³-hybridized carbons (Fsp3) is 0.455. The lowest BCUT2D eigenvalue weighted by atomic mass is 10.2. The Labute approximate surface area is 106 Å². The fourth-order valence-electron chi connectivity index (χ4n) is 1.21. The van der Waals surface area contributed by atoms with Crippen molar-refractivity contribution in [1.82, 2.24) is 0 Å². The quantitative estimate of drug-likeness (QED) is 0.786. The summed E-state index contributed by atoms with van der Waals surface area (Å²) in [6.07, 6.45) is 0. The van der Waals surface area contributed by atoms with Gasteiger partial charge in [0.15, 0.2) is 0 Å². The second kappa shape index (κ2) is 4.07. The van der Waals surface area contributed by atoms with Crippen LogP contribution < -0.4 is 4.74 Å². The lowest BCUT2D eigenvalue weighted by Gasteiger charge is -2.12. The molecular weight excluding hydrogens is 324 g/mol. The molecule has 2 rings (SSSR count). The first-order chi connectivity index (χ1) is 7.00. The van der Waals surface area contributed by atoms with Gasteiger partial charge in [0.25, 0.3) is 0 Å². The second-order valence-electron chi connectivity index (χ2n) is 4.04. The smallest absolute Gasteiger partial charge is 0.124 e. The van der Waals surface area contributed by atoms with Crippen LogP contribution in [0.25, 0.3) is 0 Å². The normalized spacial score (nSPS) is 24.0. The zero-order valence-corrected chi connectivity index (χ0v) is 11.8. The van der Waals surface area contributed by atoms with Gasteiger partial charge in [0.1, 0.15) is 18.0 Å². The fourth-order valence-corrected chi connectivity index (χ4v) is 2.40. The average Bonchev–Trinajstić information content (AvgIpc) is 2.88. The number of hydrogen-bond donors (Lipinski definition) is 0. The summed E-state index contributed by atoms with van der Waals surface area (Å²) in [4.78, 5) is 0. The molecule has 0 aromatic heterocycles. The Kier molecular flexibility index (Phi) is 3.10. The van der Waals surface area contributed by atoms with Crippen molar-refractivity contribution in [3.63, 3.8) is 0 Å². The predicted octanol–water partition coefficient (Wildman–Crippen LogP) is 3.69. The van der Waals surface area contributed by atoms with Gasteiger partial charge in [0.2, 0.25) is 0 Å². The van der Waals surface area contributed by atoms with E-state index in [1.54, 1.807) is 0 Å². The largest absolute Gasteiger partial charge is 0.490 e. The van der Waals surface area contributed by atoms with Crippen LogP contribution in [0, 0.1) is 6.92 Å². The maximum atomic E-state index is 5.74. The van der Waals surface area contributed by atoms with E-state index in [1.807, 2.05) is 19.1 Å². The third-order valence-corrected chi connectivity index (χ3v) is 3.71. The summed E-state index contributed by atoms with van der Waals surface area (Å²) >= 11 is 6.93. The molecule has 2 nitrogen and oxygen atoms in total. The van der Waals surface area contributed by atoms with Gasteiger partial charge in [-0.15, -0.1) is 0 Å². The molecule has 0 amide bonds. The maximum Gasteiger partial charge on any atom is 0.124 e. The van der Waals surface area contributed by atoms with Gasteiger partial charge in [0, 0.05) is 14.5 Å². The van der Waals surface area contributed by atoms with E-state index in [2.05, 4.69) is 38.8 Å². The van der Waals surface area contributed by atoms with Gasteiger partial charge in [-0.3, -0.25) is 0 Å². The summed E-state index contributed by atoms with van der Waals surface area (Å²) in [7, 11) is 0. The monoisotopic (exact) mass is 334 g/mol. The highest BCUT2D eigenvalue weighted by atomic mass is 79.9. The molecule has 1 unspecified atom stereocenters. The lowest BCUT2D eigenvalue weighted by molar-refractivity contribution is 0.201. The van der Waals surface area contributed by atoms with Crippen LogP contribution in [0.3, 0.4) is 0 Å². The maximum absolute atomic E-state index is 5.74. The van der Waals surface area contributed by atoms with E-state index in [0.29, 0.717) is 6.61 Å². The lowest BCUT2D eigenvalue weighted by Crippen LogP contribution is -2.17. The number of epoxide rings is 1. The molecule has 82 valence electrons. The van der Waals surface area contributed by atoms with E-state index in [1.165, 1.54) is 0 Å². The summed E-state index contributed by atoms with van der Waals surface area (Å²) in [5.74, 6) is 0.896. The zero-order valence-electron chi connectivity index (χ0n) is 8.64. The van der Waals surface area contributed by atoms with Crippen molar-refractivity contribution < 1.29 is 9.47 Å². The number of ether oxygens (including phenoxy) is 2. The molecule has 0 spiro atoms. The van der Waals surface area contributed by atoms with Crippen molar-refractivity contribution in [2.24, 2.45) is 0 Å². The van der Waals surface area contributed by atoms with Crippen molar-refractivity contribution in [3.8, 4) is 5.75 Å². The minimum Gasteiger partial charge on any atom is -0.490 e. The molecule has 0 bridgehead atoms. The van der Waals surface area contributed by atoms with Crippen LogP contribution in [-0.4, -0.2) is 18.8 Å². The first-order valence-corrected chi connectivity index (χ1v) is 6.31. The Hall–Kier alpha value is -0.0600. The summed E-state index contributed by atoms with van der Waals surface area (Å²) in [6.45, 7) is 5.48. The molecule has 1 aromatic carbocycles. The van der Waals surface area contributed by atoms with Crippen LogP contribution in [0.4, 0.5) is 0 Å². The van der Waals surface area contributed by atoms with Crippen LogP contribution in [0.15, 0.2) is 21.1 Å². The average molecular weight is 336 g/mol. The van der Waals surface area contributed by atoms with Crippen molar-refractivity contribution in [1.29, 1.82) is 0 Å². The molecule has 1 aliphatic heterocycles. The molecule has 0 saturated carbocycles. The Morgan fingerprint density at radius 1 is 1.47 bits per heavy atom. The van der Waals surface area contributed by atoms with Crippen LogP contribution >= 0.6 is 31.9 Å². The molecule has 1 atom stereocenters. The van der Waals surface area contributed by atoms with E-state index in [4.69, 9.17) is 9.47 Å². The van der Waals surface area contributed by atoms with Gasteiger partial charge >= 0.3 is 0 Å². The Morgan fingerprint density at radius 2 is 2.13 bits per heavy atom. The van der Waals surface area contributed by atoms with Crippen LogP contribution in [0.2, 0.25) is 0 Å². The predicted molar refractivity (Wildman–Crippen MR) is 66.4 cm³/mol. The highest BCUT2D eigenvalue weighted by molar-refractivity contribution is 9.11. The van der Waals surface area contributed by atoms with Crippen LogP contribution in [-0.2, 0) is 4.74 Å². The zero-order chi connectivity index (χ0) is 11.1. The van der Waals surface area contributed by atoms with Crippen molar-refractivity contribution >= 4 is 31.9 Å². The summed E-state index contributed by atoms with van der Waals surface area (Å²) < 4.78 is 13.1. The topological polar surface area (TPSA) is 21.8 Å². The number of rotatable bonds is 3. The number of benzene rings is 1. The van der Waals surface area contributed by atoms with Gasteiger partial charge in [-0.2, -0.15) is 0 Å². The van der Waals surface area contributed by atoms with Crippen molar-refractivity contribution in [3.05, 3.63) is 26.6 Å². The van der Waals surface area contributed by atoms with E-state index in [0.717, 1.165) is 26.9 Å². The second-order valence-corrected chi connectivity index (χ2v) is 5.81. The number of hydrogen-bond acceptors (Lipinski definition) is 2. The van der Waals surface area contributed by atoms with E-state index < -0.39 is 0 Å². The molecule has 1 heterocycles. The first-order valence-electron chi connectivity index (χ1n) is 4.73. The van der Waals surface area contributed by atoms with Gasteiger partial charge in [-0.25, -0.2) is 0 Å². The van der Waals surface area contributed by atoms with Gasteiger partial charge in [-0.1, -0.05) is 31.9 Å². The van der Waals surface area contributed by atoms with E-state index >= 15 is 0 Å². The molecule has 0 aliphatic carbocycles. The van der Waals surface area contributed by atoms with Gasteiger partial charge in [-0.05, 0) is 26.0 Å². The van der Waals surface area contributed by atoms with E-state index in [9.17, 15) is 0 Å². The van der Waals surface area contributed by atoms with E-state index in [-0.39, 0.29) is 5.60 Å². The third kappa shape index (κ3) is 2.74. The molecular formula is C11H12Br2O2. The van der Waals surface area contributed by atoms with Gasteiger partial charge in [0.05, 0.1) is 6.61 Å². The SMILES string of the molecule is Cc1c(Br)cc(Br)cc1OCC1(C)CO1. The minimum atomic E-state index is -0.0682. The molecule has 15 heavy (non-hydrogen) atoms. The summed E-state index contributed by atoms with van der Waals surface area (Å²) in [5.41, 5.74) is 1.05. The van der Waals surface area contributed by atoms with Gasteiger partial charge < -0.3 is 9.47 Å². The minimum absolute atomic E-state index is 0.0682. The molecule has 1 saturated heterocycles. The Morgan fingerprint density at radius 3 is 2.73 bits per heavy atom. The molecule has 1 aliphatic rings. The molecule has 4 heteroatoms. The number of halogens is 2. The molecule has 1 aromatic rings. The molecule has 0 radical (unpaired) electrons. The molecule has 0 N–H and O–H groups in total. The van der Waals surface area contributed by atoms with Crippen LogP contribution in [0.1, 0.15) is 12.5 Å². The Balaban J connectivity index is 2.13. The van der Waals surface area contributed by atoms with Crippen LogP contribution in [0.5, 0.6) is 5.75 Å². The summed E-state index contributed by atoms with van der Waals surface area (Å²) in [5, 5.41) is 0. The summed E-state index contributed by atoms with van der Waals surface area (Å²) in [6, 6.07) is 3.99. The standard InChI is InChI=1S/C11H12Br2O2/c1-7-9(13)3-8(12)4-10(7)14-5-11(2)6-15-11/h3-4H,5-6H2,1-2H3. The Bertz CT molecular complexity index is 386. The van der Waals surface area contributed by atoms with Crippen molar-refractivity contribution in [2.75, 3.05) is 13.2 Å². The first kappa shape index (κ1) is 11.4.